The molecule has 1 aromatic heterocycles. The molecule has 27 heavy (non-hydrogen) atoms. The summed E-state index contributed by atoms with van der Waals surface area (Å²) in [6.45, 7) is 4.83. The predicted octanol–water partition coefficient (Wildman–Crippen LogP) is 2.45. The Morgan fingerprint density at radius 1 is 1.30 bits per heavy atom. The van der Waals surface area contributed by atoms with Gasteiger partial charge in [-0.1, -0.05) is 13.0 Å². The van der Waals surface area contributed by atoms with E-state index in [0.29, 0.717) is 12.2 Å². The smallest absolute Gasteiger partial charge is 0.238 e. The molecule has 1 saturated heterocycles. The van der Waals surface area contributed by atoms with Crippen LogP contribution in [0.1, 0.15) is 30.9 Å². The Morgan fingerprint density at radius 3 is 2.63 bits per heavy atom. The molecule has 8 heteroatoms. The van der Waals surface area contributed by atoms with E-state index in [0.717, 1.165) is 30.4 Å². The molecule has 0 unspecified atom stereocenters. The van der Waals surface area contributed by atoms with E-state index in [2.05, 4.69) is 22.1 Å². The minimum atomic E-state index is -3.83. The van der Waals surface area contributed by atoms with Gasteiger partial charge in [-0.15, -0.1) is 0 Å². The first-order valence-electron chi connectivity index (χ1n) is 8.87. The van der Waals surface area contributed by atoms with Crippen LogP contribution in [0.3, 0.4) is 0 Å². The highest BCUT2D eigenvalue weighted by atomic mass is 32.2. The lowest BCUT2D eigenvalue weighted by Gasteiger charge is -2.31. The number of nitrogens with two attached hydrogens (primary N) is 1. The number of anilines is 2. The van der Waals surface area contributed by atoms with Gasteiger partial charge in [0.2, 0.25) is 10.0 Å². The fraction of sp³-hybridized carbons (Fsp3) is 0.368. The summed E-state index contributed by atoms with van der Waals surface area (Å²) in [7, 11) is -3.83. The summed E-state index contributed by atoms with van der Waals surface area (Å²) >= 11 is 0. The molecular weight excluding hydrogens is 362 g/mol. The van der Waals surface area contributed by atoms with E-state index in [9.17, 15) is 13.7 Å². The molecule has 0 spiro atoms. The van der Waals surface area contributed by atoms with Crippen molar-refractivity contribution in [3.63, 3.8) is 0 Å². The highest BCUT2D eigenvalue weighted by molar-refractivity contribution is 7.89. The number of nitrogens with zero attached hydrogens (tertiary/aromatic N) is 3. The van der Waals surface area contributed by atoms with Crippen molar-refractivity contribution >= 4 is 21.5 Å². The molecule has 3 rings (SSSR count). The molecule has 0 amide bonds. The predicted molar refractivity (Wildman–Crippen MR) is 105 cm³/mol. The van der Waals surface area contributed by atoms with Gasteiger partial charge in [0.1, 0.15) is 11.9 Å². The Balaban J connectivity index is 1.66. The summed E-state index contributed by atoms with van der Waals surface area (Å²) in [4.78, 5) is 6.78. The highest BCUT2D eigenvalue weighted by Gasteiger charge is 2.16. The number of hydrogen-bond acceptors (Lipinski definition) is 6. The first-order valence-corrected chi connectivity index (χ1v) is 10.4. The topological polar surface area (TPSA) is 112 Å². The van der Waals surface area contributed by atoms with Crippen LogP contribution in [0.2, 0.25) is 0 Å². The zero-order valence-electron chi connectivity index (χ0n) is 15.2. The molecule has 7 nitrogen and oxygen atoms in total. The Labute approximate surface area is 159 Å². The number of hydrogen-bond donors (Lipinski definition) is 2. The van der Waals surface area contributed by atoms with Crippen molar-refractivity contribution < 1.29 is 8.42 Å². The lowest BCUT2D eigenvalue weighted by atomic mass is 9.99. The fourth-order valence-corrected chi connectivity index (χ4v) is 3.63. The van der Waals surface area contributed by atoms with Crippen molar-refractivity contribution in [3.05, 3.63) is 47.7 Å². The molecule has 0 saturated carbocycles. The van der Waals surface area contributed by atoms with Gasteiger partial charge in [-0.3, -0.25) is 0 Å². The minimum Gasteiger partial charge on any atom is -0.380 e. The van der Waals surface area contributed by atoms with Crippen LogP contribution in [0.5, 0.6) is 0 Å². The molecule has 2 heterocycles. The average Bonchev–Trinajstić information content (AvgIpc) is 2.66. The molecule has 0 radical (unpaired) electrons. The first-order chi connectivity index (χ1) is 12.9. The number of nitrogens with one attached hydrogen (secondary N) is 1. The van der Waals surface area contributed by atoms with Gasteiger partial charge >= 0.3 is 0 Å². The summed E-state index contributed by atoms with van der Waals surface area (Å²) < 4.78 is 22.8. The SMILES string of the molecule is CC1CCN(c2ccc(CNc3ccc(S(N)(=O)=O)cc3C#N)cn2)CC1. The Morgan fingerprint density at radius 2 is 2.04 bits per heavy atom. The number of piperidine rings is 1. The summed E-state index contributed by atoms with van der Waals surface area (Å²) in [5.41, 5.74) is 1.76. The van der Waals surface area contributed by atoms with Crippen molar-refractivity contribution in [3.8, 4) is 6.07 Å². The molecule has 1 aliphatic heterocycles. The molecule has 2 aromatic rings. The van der Waals surface area contributed by atoms with Crippen LogP contribution in [0.4, 0.5) is 11.5 Å². The van der Waals surface area contributed by atoms with Crippen molar-refractivity contribution in [1.82, 2.24) is 4.98 Å². The molecule has 0 bridgehead atoms. The van der Waals surface area contributed by atoms with Gasteiger partial charge in [0.25, 0.3) is 0 Å². The Bertz CT molecular complexity index is 943. The van der Waals surface area contributed by atoms with Gasteiger partial charge in [-0.25, -0.2) is 18.5 Å². The van der Waals surface area contributed by atoms with Gasteiger partial charge in [-0.05, 0) is 48.6 Å². The maximum atomic E-state index is 11.4. The molecular formula is C19H23N5O2S. The summed E-state index contributed by atoms with van der Waals surface area (Å²) in [6.07, 6.45) is 4.21. The number of pyridine rings is 1. The van der Waals surface area contributed by atoms with E-state index >= 15 is 0 Å². The quantitative estimate of drug-likeness (QED) is 0.817. The van der Waals surface area contributed by atoms with E-state index in [1.807, 2.05) is 24.4 Å². The zero-order chi connectivity index (χ0) is 19.4. The molecule has 3 N–H and O–H groups in total. The van der Waals surface area contributed by atoms with Crippen LogP contribution in [0, 0.1) is 17.2 Å². The van der Waals surface area contributed by atoms with Crippen molar-refractivity contribution in [2.45, 2.75) is 31.2 Å². The third-order valence-corrected chi connectivity index (χ3v) is 5.75. The summed E-state index contributed by atoms with van der Waals surface area (Å²) in [5, 5.41) is 17.5. The fourth-order valence-electron chi connectivity index (χ4n) is 3.09. The van der Waals surface area contributed by atoms with Crippen LogP contribution >= 0.6 is 0 Å². The highest BCUT2D eigenvalue weighted by Crippen LogP contribution is 2.22. The second-order valence-electron chi connectivity index (χ2n) is 6.91. The lowest BCUT2D eigenvalue weighted by molar-refractivity contribution is 0.436. The number of aromatic nitrogens is 1. The second kappa shape index (κ2) is 7.94. The van der Waals surface area contributed by atoms with Crippen molar-refractivity contribution in [2.75, 3.05) is 23.3 Å². The zero-order valence-corrected chi connectivity index (χ0v) is 16.0. The van der Waals surface area contributed by atoms with E-state index in [-0.39, 0.29) is 10.5 Å². The minimum absolute atomic E-state index is 0.0773. The van der Waals surface area contributed by atoms with Crippen LogP contribution in [-0.4, -0.2) is 26.5 Å². The van der Waals surface area contributed by atoms with E-state index < -0.39 is 10.0 Å². The van der Waals surface area contributed by atoms with E-state index in [1.165, 1.54) is 25.0 Å². The van der Waals surface area contributed by atoms with Crippen LogP contribution in [-0.2, 0) is 16.6 Å². The maximum absolute atomic E-state index is 11.4. The second-order valence-corrected chi connectivity index (χ2v) is 8.47. The number of sulfonamides is 1. The number of benzene rings is 1. The van der Waals surface area contributed by atoms with Crippen LogP contribution < -0.4 is 15.4 Å². The number of nitriles is 1. The van der Waals surface area contributed by atoms with Gasteiger partial charge < -0.3 is 10.2 Å². The van der Waals surface area contributed by atoms with Gasteiger partial charge in [0.05, 0.1) is 16.1 Å². The number of primary sulfonamides is 1. The monoisotopic (exact) mass is 385 g/mol. The molecule has 142 valence electrons. The van der Waals surface area contributed by atoms with Crippen LogP contribution in [0.15, 0.2) is 41.4 Å². The standard InChI is InChI=1S/C19H23N5O2S/c1-14-6-8-24(9-7-14)19-5-2-15(13-23-19)12-22-18-4-3-17(27(21,25)26)10-16(18)11-20/h2-5,10,13-14,22H,6-9,12H2,1H3,(H2,21,25,26). The third kappa shape index (κ3) is 4.76. The largest absolute Gasteiger partial charge is 0.380 e. The third-order valence-electron chi connectivity index (χ3n) is 4.84. The van der Waals surface area contributed by atoms with Crippen LogP contribution in [0.25, 0.3) is 0 Å². The van der Waals surface area contributed by atoms with E-state index in [1.54, 1.807) is 6.07 Å². The molecule has 1 aromatic carbocycles. The molecule has 1 aliphatic rings. The summed E-state index contributed by atoms with van der Waals surface area (Å²) in [6, 6.07) is 10.2. The van der Waals surface area contributed by atoms with Crippen molar-refractivity contribution in [2.24, 2.45) is 11.1 Å². The maximum Gasteiger partial charge on any atom is 0.238 e. The molecule has 0 aliphatic carbocycles. The number of rotatable bonds is 5. The first kappa shape index (κ1) is 19.1. The molecule has 0 atom stereocenters. The normalized spacial score (nSPS) is 15.4. The lowest BCUT2D eigenvalue weighted by Crippen LogP contribution is -2.33. The Kier molecular flexibility index (Phi) is 5.63. The van der Waals surface area contributed by atoms with Gasteiger partial charge in [0.15, 0.2) is 0 Å². The average molecular weight is 385 g/mol. The van der Waals surface area contributed by atoms with Crippen molar-refractivity contribution in [1.29, 1.82) is 5.26 Å². The van der Waals surface area contributed by atoms with Gasteiger partial charge in [-0.2, -0.15) is 5.26 Å². The molecule has 1 fully saturated rings. The Hall–Kier alpha value is -2.63. The van der Waals surface area contributed by atoms with E-state index in [4.69, 9.17) is 5.14 Å². The summed E-state index contributed by atoms with van der Waals surface area (Å²) in [5.74, 6) is 1.76. The van der Waals surface area contributed by atoms with Gasteiger partial charge in [0, 0.05) is 25.8 Å².